The summed E-state index contributed by atoms with van der Waals surface area (Å²) in [6.07, 6.45) is -0.0779. The van der Waals surface area contributed by atoms with Gasteiger partial charge in [0.15, 0.2) is 0 Å². The van der Waals surface area contributed by atoms with Crippen LogP contribution in [0.15, 0.2) is 24.3 Å². The van der Waals surface area contributed by atoms with Gasteiger partial charge in [0, 0.05) is 0 Å². The van der Waals surface area contributed by atoms with E-state index in [-0.39, 0.29) is 0 Å². The van der Waals surface area contributed by atoms with Crippen molar-refractivity contribution < 1.29 is 5.11 Å². The zero-order chi connectivity index (χ0) is 11.5. The highest BCUT2D eigenvalue weighted by Crippen LogP contribution is 2.36. The lowest BCUT2D eigenvalue weighted by atomic mass is 9.79. The third-order valence-corrected chi connectivity index (χ3v) is 2.95. The highest BCUT2D eigenvalue weighted by Gasteiger charge is 2.32. The van der Waals surface area contributed by atoms with Crippen molar-refractivity contribution in [2.45, 2.75) is 33.3 Å². The van der Waals surface area contributed by atoms with Gasteiger partial charge in [0.05, 0.1) is 17.6 Å². The van der Waals surface area contributed by atoms with Crippen molar-refractivity contribution in [1.82, 2.24) is 0 Å². The second-order valence-electron chi connectivity index (χ2n) is 4.20. The number of rotatable bonds is 3. The largest absolute Gasteiger partial charge is 0.387 e. The maximum absolute atomic E-state index is 10.1. The molecule has 2 unspecified atom stereocenters. The smallest absolute Gasteiger partial charge is 0.0973 e. The molecular formula is C13H17NO. The number of hydrogen-bond donors (Lipinski definition) is 1. The summed E-state index contributed by atoms with van der Waals surface area (Å²) in [6, 6.07) is 9.87. The quantitative estimate of drug-likeness (QED) is 0.820. The molecule has 0 heterocycles. The van der Waals surface area contributed by atoms with Crippen LogP contribution in [0.25, 0.3) is 0 Å². The normalized spacial score (nSPS) is 16.5. The Hall–Kier alpha value is -1.33. The lowest BCUT2D eigenvalue weighted by Gasteiger charge is -2.26. The number of hydrogen-bond acceptors (Lipinski definition) is 2. The Morgan fingerprint density at radius 2 is 2.20 bits per heavy atom. The van der Waals surface area contributed by atoms with Gasteiger partial charge < -0.3 is 5.11 Å². The summed E-state index contributed by atoms with van der Waals surface area (Å²) in [5.41, 5.74) is 1.22. The Balaban J connectivity index is 3.04. The van der Waals surface area contributed by atoms with Gasteiger partial charge in [-0.05, 0) is 25.8 Å². The molecule has 1 aromatic rings. The van der Waals surface area contributed by atoms with Crippen LogP contribution >= 0.6 is 0 Å². The minimum Gasteiger partial charge on any atom is -0.387 e. The van der Waals surface area contributed by atoms with Gasteiger partial charge >= 0.3 is 0 Å². The summed E-state index contributed by atoms with van der Waals surface area (Å²) in [4.78, 5) is 0. The summed E-state index contributed by atoms with van der Waals surface area (Å²) in [5.74, 6) is 0. The van der Waals surface area contributed by atoms with Crippen LogP contribution in [0.3, 0.4) is 0 Å². The molecule has 0 aliphatic carbocycles. The summed E-state index contributed by atoms with van der Waals surface area (Å²) >= 11 is 0. The summed E-state index contributed by atoms with van der Waals surface area (Å²) in [6.45, 7) is 5.69. The molecule has 0 saturated heterocycles. The second kappa shape index (κ2) is 4.46. The number of aliphatic hydroxyl groups excluding tert-OH is 1. The number of nitrogens with zero attached hydrogens (tertiary/aromatic N) is 1. The SMILES string of the molecule is CCC(C)(C#N)C(O)c1cccc(C)c1. The third kappa shape index (κ3) is 2.37. The third-order valence-electron chi connectivity index (χ3n) is 2.95. The van der Waals surface area contributed by atoms with Gasteiger partial charge in [0.1, 0.15) is 0 Å². The van der Waals surface area contributed by atoms with Crippen molar-refractivity contribution in [2.24, 2.45) is 5.41 Å². The summed E-state index contributed by atoms with van der Waals surface area (Å²) < 4.78 is 0. The van der Waals surface area contributed by atoms with E-state index in [0.717, 1.165) is 11.1 Å². The maximum atomic E-state index is 10.1. The van der Waals surface area contributed by atoms with Crippen LogP contribution < -0.4 is 0 Å². The molecule has 0 aliphatic rings. The van der Waals surface area contributed by atoms with Crippen LogP contribution in [0.4, 0.5) is 0 Å². The fourth-order valence-corrected chi connectivity index (χ4v) is 1.54. The van der Waals surface area contributed by atoms with E-state index in [2.05, 4.69) is 6.07 Å². The predicted octanol–water partition coefficient (Wildman–Crippen LogP) is 2.97. The molecule has 80 valence electrons. The summed E-state index contributed by atoms with van der Waals surface area (Å²) in [7, 11) is 0. The number of nitriles is 1. The Morgan fingerprint density at radius 3 is 2.67 bits per heavy atom. The molecule has 15 heavy (non-hydrogen) atoms. The van der Waals surface area contributed by atoms with Crippen molar-refractivity contribution in [1.29, 1.82) is 5.26 Å². The predicted molar refractivity (Wildman–Crippen MR) is 60.1 cm³/mol. The molecule has 2 atom stereocenters. The second-order valence-corrected chi connectivity index (χ2v) is 4.20. The molecule has 1 N–H and O–H groups in total. The van der Waals surface area contributed by atoms with E-state index in [1.54, 1.807) is 6.92 Å². The van der Waals surface area contributed by atoms with Gasteiger partial charge in [-0.15, -0.1) is 0 Å². The fourth-order valence-electron chi connectivity index (χ4n) is 1.54. The maximum Gasteiger partial charge on any atom is 0.0973 e. The minimum atomic E-state index is -0.715. The van der Waals surface area contributed by atoms with Crippen LogP contribution in [0.1, 0.15) is 37.5 Å². The zero-order valence-electron chi connectivity index (χ0n) is 9.49. The van der Waals surface area contributed by atoms with Gasteiger partial charge in [-0.1, -0.05) is 36.8 Å². The molecule has 0 bridgehead atoms. The molecule has 2 nitrogen and oxygen atoms in total. The van der Waals surface area contributed by atoms with Crippen molar-refractivity contribution in [3.8, 4) is 6.07 Å². The van der Waals surface area contributed by atoms with Gasteiger partial charge in [-0.25, -0.2) is 0 Å². The molecule has 1 rings (SSSR count). The number of aliphatic hydroxyl groups is 1. The van der Waals surface area contributed by atoms with Crippen LogP contribution in [-0.4, -0.2) is 5.11 Å². The number of aryl methyl sites for hydroxylation is 1. The minimum absolute atomic E-state index is 0.638. The molecule has 0 amide bonds. The molecule has 0 fully saturated rings. The van der Waals surface area contributed by atoms with E-state index in [1.165, 1.54) is 0 Å². The Kier molecular flexibility index (Phi) is 3.49. The molecule has 2 heteroatoms. The van der Waals surface area contributed by atoms with E-state index < -0.39 is 11.5 Å². The molecule has 0 aliphatic heterocycles. The van der Waals surface area contributed by atoms with Crippen molar-refractivity contribution in [3.05, 3.63) is 35.4 Å². The van der Waals surface area contributed by atoms with E-state index in [1.807, 2.05) is 38.1 Å². The Labute approximate surface area is 91.2 Å². The molecule has 0 saturated carbocycles. The topological polar surface area (TPSA) is 44.0 Å². The van der Waals surface area contributed by atoms with Gasteiger partial charge in [-0.2, -0.15) is 5.26 Å². The summed E-state index contributed by atoms with van der Waals surface area (Å²) in [5, 5.41) is 19.2. The molecule has 0 radical (unpaired) electrons. The van der Waals surface area contributed by atoms with Gasteiger partial charge in [0.2, 0.25) is 0 Å². The van der Waals surface area contributed by atoms with E-state index >= 15 is 0 Å². The zero-order valence-corrected chi connectivity index (χ0v) is 9.49. The first kappa shape index (κ1) is 11.7. The van der Waals surface area contributed by atoms with E-state index in [0.29, 0.717) is 6.42 Å². The monoisotopic (exact) mass is 203 g/mol. The molecule has 1 aromatic carbocycles. The van der Waals surface area contributed by atoms with Crippen molar-refractivity contribution in [3.63, 3.8) is 0 Å². The average Bonchev–Trinajstić information content (AvgIpc) is 2.27. The van der Waals surface area contributed by atoms with Gasteiger partial charge in [0.25, 0.3) is 0 Å². The highest BCUT2D eigenvalue weighted by molar-refractivity contribution is 5.26. The lowest BCUT2D eigenvalue weighted by Crippen LogP contribution is -2.22. The van der Waals surface area contributed by atoms with E-state index in [4.69, 9.17) is 5.26 Å². The molecule has 0 aromatic heterocycles. The first-order chi connectivity index (χ1) is 7.03. The van der Waals surface area contributed by atoms with Crippen LogP contribution in [-0.2, 0) is 0 Å². The van der Waals surface area contributed by atoms with Crippen LogP contribution in [0.5, 0.6) is 0 Å². The van der Waals surface area contributed by atoms with Crippen LogP contribution in [0, 0.1) is 23.7 Å². The fraction of sp³-hybridized carbons (Fsp3) is 0.462. The van der Waals surface area contributed by atoms with Crippen molar-refractivity contribution >= 4 is 0 Å². The van der Waals surface area contributed by atoms with Crippen molar-refractivity contribution in [2.75, 3.05) is 0 Å². The Bertz CT molecular complexity index is 380. The lowest BCUT2D eigenvalue weighted by molar-refractivity contribution is 0.0722. The van der Waals surface area contributed by atoms with Gasteiger partial charge in [-0.3, -0.25) is 0 Å². The first-order valence-electron chi connectivity index (χ1n) is 5.19. The average molecular weight is 203 g/mol. The molecule has 0 spiro atoms. The van der Waals surface area contributed by atoms with Crippen LogP contribution in [0.2, 0.25) is 0 Å². The highest BCUT2D eigenvalue weighted by atomic mass is 16.3. The number of benzene rings is 1. The van der Waals surface area contributed by atoms with E-state index in [9.17, 15) is 5.11 Å². The Morgan fingerprint density at radius 1 is 1.53 bits per heavy atom. The molecular weight excluding hydrogens is 186 g/mol. The first-order valence-corrected chi connectivity index (χ1v) is 5.19. The standard InChI is InChI=1S/C13H17NO/c1-4-13(3,9-14)12(15)11-7-5-6-10(2)8-11/h5-8,12,15H,4H2,1-3H3.